The molecule has 0 radical (unpaired) electrons. The average molecular weight is 337 g/mol. The van der Waals surface area contributed by atoms with Gasteiger partial charge in [0.25, 0.3) is 0 Å². The van der Waals surface area contributed by atoms with Crippen molar-refractivity contribution in [3.63, 3.8) is 0 Å². The maximum atomic E-state index is 5.68. The van der Waals surface area contributed by atoms with E-state index in [4.69, 9.17) is 14.2 Å². The standard InChI is InChI=1S/C18H31N3O3/c1-5-19-18(20-11-6-13-23-15(2)3)21-12-14-24-17-9-7-16(22-4)8-10-17/h7-10,15H,5-6,11-14H2,1-4H3,(H2,19,20,21). The minimum atomic E-state index is 0.274. The summed E-state index contributed by atoms with van der Waals surface area (Å²) in [6, 6.07) is 7.56. The van der Waals surface area contributed by atoms with Crippen molar-refractivity contribution < 1.29 is 14.2 Å². The van der Waals surface area contributed by atoms with E-state index in [9.17, 15) is 0 Å². The zero-order valence-corrected chi connectivity index (χ0v) is 15.3. The van der Waals surface area contributed by atoms with Crippen molar-refractivity contribution in [1.82, 2.24) is 10.6 Å². The highest BCUT2D eigenvalue weighted by Gasteiger charge is 1.99. The Morgan fingerprint density at radius 2 is 1.79 bits per heavy atom. The lowest BCUT2D eigenvalue weighted by Crippen LogP contribution is -2.39. The van der Waals surface area contributed by atoms with Crippen LogP contribution in [0.2, 0.25) is 0 Å². The number of rotatable bonds is 11. The molecule has 0 fully saturated rings. The van der Waals surface area contributed by atoms with Crippen LogP contribution in [-0.4, -0.2) is 52.0 Å². The number of aliphatic imine (C=N–C) groups is 1. The molecule has 2 N–H and O–H groups in total. The quantitative estimate of drug-likeness (QED) is 0.369. The highest BCUT2D eigenvalue weighted by atomic mass is 16.5. The molecule has 0 saturated heterocycles. The first-order valence-electron chi connectivity index (χ1n) is 8.56. The molecule has 1 aromatic carbocycles. The van der Waals surface area contributed by atoms with Gasteiger partial charge in [0.15, 0.2) is 5.96 Å². The van der Waals surface area contributed by atoms with Crippen LogP contribution in [0.1, 0.15) is 27.2 Å². The topological polar surface area (TPSA) is 64.1 Å². The smallest absolute Gasteiger partial charge is 0.191 e. The predicted octanol–water partition coefficient (Wildman–Crippen LogP) is 2.44. The van der Waals surface area contributed by atoms with Crippen LogP contribution in [0.4, 0.5) is 0 Å². The summed E-state index contributed by atoms with van der Waals surface area (Å²) < 4.78 is 16.3. The SMILES string of the molecule is CCNC(=NCCCOC(C)C)NCCOc1ccc(OC)cc1. The Morgan fingerprint density at radius 3 is 2.42 bits per heavy atom. The second-order valence-corrected chi connectivity index (χ2v) is 5.48. The third kappa shape index (κ3) is 9.25. The number of nitrogens with one attached hydrogen (secondary N) is 2. The highest BCUT2D eigenvalue weighted by Crippen LogP contribution is 2.16. The van der Waals surface area contributed by atoms with Crippen LogP contribution in [-0.2, 0) is 4.74 Å². The van der Waals surface area contributed by atoms with Crippen LogP contribution in [0.15, 0.2) is 29.3 Å². The predicted molar refractivity (Wildman–Crippen MR) is 98.2 cm³/mol. The molecule has 0 bridgehead atoms. The van der Waals surface area contributed by atoms with Gasteiger partial charge >= 0.3 is 0 Å². The van der Waals surface area contributed by atoms with E-state index in [1.165, 1.54) is 0 Å². The molecular formula is C18H31N3O3. The summed E-state index contributed by atoms with van der Waals surface area (Å²) in [5.41, 5.74) is 0. The van der Waals surface area contributed by atoms with E-state index in [1.807, 2.05) is 45.0 Å². The van der Waals surface area contributed by atoms with E-state index in [0.29, 0.717) is 13.2 Å². The lowest BCUT2D eigenvalue weighted by molar-refractivity contribution is 0.0782. The summed E-state index contributed by atoms with van der Waals surface area (Å²) in [7, 11) is 1.65. The Morgan fingerprint density at radius 1 is 1.08 bits per heavy atom. The van der Waals surface area contributed by atoms with E-state index in [2.05, 4.69) is 15.6 Å². The molecule has 0 aromatic heterocycles. The summed E-state index contributed by atoms with van der Waals surface area (Å²) in [5, 5.41) is 6.48. The summed E-state index contributed by atoms with van der Waals surface area (Å²) in [6.07, 6.45) is 1.19. The zero-order valence-electron chi connectivity index (χ0n) is 15.3. The molecule has 0 atom stereocenters. The second-order valence-electron chi connectivity index (χ2n) is 5.48. The van der Waals surface area contributed by atoms with E-state index < -0.39 is 0 Å². The van der Waals surface area contributed by atoms with Crippen molar-refractivity contribution in [3.8, 4) is 11.5 Å². The van der Waals surface area contributed by atoms with Gasteiger partial charge in [-0.3, -0.25) is 4.99 Å². The molecule has 6 heteroatoms. The molecule has 0 saturated carbocycles. The molecule has 0 aliphatic heterocycles. The third-order valence-electron chi connectivity index (χ3n) is 3.09. The fourth-order valence-electron chi connectivity index (χ4n) is 1.93. The Kier molecular flexibility index (Phi) is 10.4. The lowest BCUT2D eigenvalue weighted by Gasteiger charge is -2.12. The first-order valence-corrected chi connectivity index (χ1v) is 8.56. The minimum absolute atomic E-state index is 0.274. The number of guanidine groups is 1. The van der Waals surface area contributed by atoms with Gasteiger partial charge in [-0.15, -0.1) is 0 Å². The van der Waals surface area contributed by atoms with Crippen molar-refractivity contribution in [2.75, 3.05) is 40.0 Å². The van der Waals surface area contributed by atoms with E-state index in [1.54, 1.807) is 7.11 Å². The van der Waals surface area contributed by atoms with Crippen LogP contribution in [0.5, 0.6) is 11.5 Å². The van der Waals surface area contributed by atoms with Gasteiger partial charge < -0.3 is 24.8 Å². The molecule has 1 rings (SSSR count). The van der Waals surface area contributed by atoms with Crippen molar-refractivity contribution in [3.05, 3.63) is 24.3 Å². The zero-order chi connectivity index (χ0) is 17.6. The third-order valence-corrected chi connectivity index (χ3v) is 3.09. The van der Waals surface area contributed by atoms with Gasteiger partial charge in [-0.1, -0.05) is 0 Å². The van der Waals surface area contributed by atoms with Gasteiger partial charge in [-0.05, 0) is 51.5 Å². The van der Waals surface area contributed by atoms with Gasteiger partial charge in [0, 0.05) is 19.7 Å². The normalized spacial score (nSPS) is 11.5. The fraction of sp³-hybridized carbons (Fsp3) is 0.611. The summed E-state index contributed by atoms with van der Waals surface area (Å²) in [5.74, 6) is 2.45. The van der Waals surface area contributed by atoms with Crippen LogP contribution >= 0.6 is 0 Å². The molecule has 0 spiro atoms. The highest BCUT2D eigenvalue weighted by molar-refractivity contribution is 5.79. The van der Waals surface area contributed by atoms with Gasteiger partial charge in [0.1, 0.15) is 18.1 Å². The molecule has 1 aromatic rings. The maximum absolute atomic E-state index is 5.68. The Balaban J connectivity index is 2.24. The molecule has 136 valence electrons. The fourth-order valence-corrected chi connectivity index (χ4v) is 1.93. The number of hydrogen-bond acceptors (Lipinski definition) is 4. The van der Waals surface area contributed by atoms with Gasteiger partial charge in [-0.25, -0.2) is 0 Å². The van der Waals surface area contributed by atoms with Crippen LogP contribution in [0.25, 0.3) is 0 Å². The molecule has 0 heterocycles. The van der Waals surface area contributed by atoms with Crippen LogP contribution in [0.3, 0.4) is 0 Å². The minimum Gasteiger partial charge on any atom is -0.497 e. The Hall–Kier alpha value is -1.95. The van der Waals surface area contributed by atoms with E-state index in [-0.39, 0.29) is 6.10 Å². The number of ether oxygens (including phenoxy) is 3. The Bertz CT molecular complexity index is 461. The number of methoxy groups -OCH3 is 1. The Labute approximate surface area is 145 Å². The monoisotopic (exact) mass is 337 g/mol. The first kappa shape index (κ1) is 20.1. The summed E-state index contributed by atoms with van der Waals surface area (Å²) >= 11 is 0. The van der Waals surface area contributed by atoms with Gasteiger partial charge in [0.2, 0.25) is 0 Å². The number of hydrogen-bond donors (Lipinski definition) is 2. The molecule has 0 unspecified atom stereocenters. The number of benzene rings is 1. The number of nitrogens with zero attached hydrogens (tertiary/aromatic N) is 1. The summed E-state index contributed by atoms with van der Waals surface area (Å²) in [6.45, 7) is 9.67. The van der Waals surface area contributed by atoms with Crippen molar-refractivity contribution in [2.45, 2.75) is 33.3 Å². The van der Waals surface area contributed by atoms with Crippen molar-refractivity contribution in [1.29, 1.82) is 0 Å². The molecule has 6 nitrogen and oxygen atoms in total. The van der Waals surface area contributed by atoms with Crippen LogP contribution in [0, 0.1) is 0 Å². The molecule has 0 aliphatic rings. The maximum Gasteiger partial charge on any atom is 0.191 e. The van der Waals surface area contributed by atoms with Crippen LogP contribution < -0.4 is 20.1 Å². The van der Waals surface area contributed by atoms with E-state index >= 15 is 0 Å². The summed E-state index contributed by atoms with van der Waals surface area (Å²) in [4.78, 5) is 4.52. The molecule has 0 amide bonds. The van der Waals surface area contributed by atoms with E-state index in [0.717, 1.165) is 43.6 Å². The lowest BCUT2D eigenvalue weighted by atomic mass is 10.3. The molecule has 0 aliphatic carbocycles. The molecule has 24 heavy (non-hydrogen) atoms. The largest absolute Gasteiger partial charge is 0.497 e. The average Bonchev–Trinajstić information content (AvgIpc) is 2.58. The van der Waals surface area contributed by atoms with Gasteiger partial charge in [0.05, 0.1) is 19.8 Å². The second kappa shape index (κ2) is 12.5. The van der Waals surface area contributed by atoms with Crippen molar-refractivity contribution in [2.24, 2.45) is 4.99 Å². The molecular weight excluding hydrogens is 306 g/mol. The van der Waals surface area contributed by atoms with Crippen molar-refractivity contribution >= 4 is 5.96 Å². The van der Waals surface area contributed by atoms with Gasteiger partial charge in [-0.2, -0.15) is 0 Å². The first-order chi connectivity index (χ1) is 11.7.